The number of amides is 1. The summed E-state index contributed by atoms with van der Waals surface area (Å²) in [6.45, 7) is 4.80. The lowest BCUT2D eigenvalue weighted by atomic mass is 9.95. The van der Waals surface area contributed by atoms with Crippen molar-refractivity contribution in [2.45, 2.75) is 32.6 Å². The maximum Gasteiger partial charge on any atom is 0.265 e. The molecule has 0 fully saturated rings. The molecular weight excluding hydrogens is 398 g/mol. The second-order valence-electron chi connectivity index (χ2n) is 8.33. The lowest BCUT2D eigenvalue weighted by Gasteiger charge is -2.18. The molecule has 1 aliphatic rings. The molecule has 0 unspecified atom stereocenters. The second kappa shape index (κ2) is 8.08. The lowest BCUT2D eigenvalue weighted by Crippen LogP contribution is -2.31. The normalized spacial score (nSPS) is 15.4. The highest BCUT2D eigenvalue weighted by Crippen LogP contribution is 2.39. The van der Waals surface area contributed by atoms with E-state index in [4.69, 9.17) is 4.98 Å². The van der Waals surface area contributed by atoms with E-state index in [0.717, 1.165) is 28.9 Å². The van der Waals surface area contributed by atoms with Gasteiger partial charge in [-0.25, -0.2) is 4.98 Å². The molecule has 5 rings (SSSR count). The Bertz CT molecular complexity index is 1380. The molecule has 2 heterocycles. The molecule has 32 heavy (non-hydrogen) atoms. The first kappa shape index (κ1) is 20.2. The van der Waals surface area contributed by atoms with Crippen LogP contribution in [0, 0.1) is 6.92 Å². The number of hydrogen-bond acceptors (Lipinski definition) is 3. The number of hydrogen-bond donors (Lipinski definition) is 0. The number of carbonyl (C=O) groups is 1. The smallest absolute Gasteiger partial charge is 0.265 e. The van der Waals surface area contributed by atoms with Gasteiger partial charge in [-0.2, -0.15) is 0 Å². The molecule has 1 atom stereocenters. The highest BCUT2D eigenvalue weighted by Gasteiger charge is 2.37. The van der Waals surface area contributed by atoms with Crippen molar-refractivity contribution in [1.82, 2.24) is 9.55 Å². The van der Waals surface area contributed by atoms with Crippen LogP contribution in [0.3, 0.4) is 0 Å². The fourth-order valence-electron chi connectivity index (χ4n) is 4.63. The van der Waals surface area contributed by atoms with Gasteiger partial charge in [0.15, 0.2) is 0 Å². The molecule has 5 nitrogen and oxygen atoms in total. The highest BCUT2D eigenvalue weighted by atomic mass is 16.2. The molecule has 0 N–H and O–H groups in total. The van der Waals surface area contributed by atoms with E-state index < -0.39 is 0 Å². The Labute approximate surface area is 187 Å². The number of aromatic nitrogens is 2. The second-order valence-corrected chi connectivity index (χ2v) is 8.33. The number of anilines is 1. The van der Waals surface area contributed by atoms with Gasteiger partial charge in [-0.15, -0.1) is 0 Å². The molecule has 1 aliphatic heterocycles. The first-order valence-electron chi connectivity index (χ1n) is 11.1. The van der Waals surface area contributed by atoms with Crippen LogP contribution in [0.15, 0.2) is 77.6 Å². The first-order chi connectivity index (χ1) is 15.6. The van der Waals surface area contributed by atoms with Crippen molar-refractivity contribution in [1.29, 1.82) is 0 Å². The maximum absolute atomic E-state index is 13.5. The minimum absolute atomic E-state index is 0.0782. The van der Waals surface area contributed by atoms with Gasteiger partial charge in [0.25, 0.3) is 5.56 Å². The van der Waals surface area contributed by atoms with Crippen molar-refractivity contribution in [2.75, 3.05) is 11.4 Å². The zero-order valence-corrected chi connectivity index (χ0v) is 18.3. The van der Waals surface area contributed by atoms with Crippen LogP contribution in [0.5, 0.6) is 0 Å². The molecule has 0 spiro atoms. The molecular formula is C27H25N3O2. The molecule has 0 saturated heterocycles. The zero-order valence-electron chi connectivity index (χ0n) is 18.3. The largest absolute Gasteiger partial charge is 0.312 e. The van der Waals surface area contributed by atoms with Crippen LogP contribution >= 0.6 is 0 Å². The summed E-state index contributed by atoms with van der Waals surface area (Å²) in [6, 6.07) is 23.1. The number of carbonyl (C=O) groups excluding carboxylic acids is 1. The number of nitrogens with zero attached hydrogens (tertiary/aromatic N) is 3. The monoisotopic (exact) mass is 423 g/mol. The van der Waals surface area contributed by atoms with Crippen molar-refractivity contribution in [3.05, 3.63) is 100 Å². The van der Waals surface area contributed by atoms with Gasteiger partial charge in [0.1, 0.15) is 5.82 Å². The molecule has 1 aromatic heterocycles. The Morgan fingerprint density at radius 2 is 1.69 bits per heavy atom. The predicted octanol–water partition coefficient (Wildman–Crippen LogP) is 4.78. The third-order valence-electron chi connectivity index (χ3n) is 6.11. The molecule has 5 heteroatoms. The minimum atomic E-state index is -0.362. The summed E-state index contributed by atoms with van der Waals surface area (Å²) in [5, 5.41) is 0.571. The van der Waals surface area contributed by atoms with Gasteiger partial charge < -0.3 is 4.90 Å². The molecule has 3 aromatic carbocycles. The fraction of sp³-hybridized carbons (Fsp3) is 0.222. The fourth-order valence-corrected chi connectivity index (χ4v) is 4.63. The van der Waals surface area contributed by atoms with Gasteiger partial charge in [-0.05, 0) is 49.2 Å². The average Bonchev–Trinajstić information content (AvgIpc) is 3.05. The number of rotatable bonds is 5. The Kier molecular flexibility index (Phi) is 5.10. The van der Waals surface area contributed by atoms with Gasteiger partial charge in [-0.3, -0.25) is 14.2 Å². The summed E-state index contributed by atoms with van der Waals surface area (Å²) >= 11 is 0. The third kappa shape index (κ3) is 3.30. The van der Waals surface area contributed by atoms with Crippen molar-refractivity contribution < 1.29 is 4.79 Å². The van der Waals surface area contributed by atoms with Gasteiger partial charge in [0.2, 0.25) is 5.91 Å². The number of aryl methyl sites for hydroxylation is 1. The Morgan fingerprint density at radius 3 is 2.47 bits per heavy atom. The number of benzene rings is 3. The van der Waals surface area contributed by atoms with E-state index in [-0.39, 0.29) is 17.4 Å². The molecule has 0 aliphatic carbocycles. The van der Waals surface area contributed by atoms with Crippen LogP contribution in [0.25, 0.3) is 16.6 Å². The Hall–Kier alpha value is -3.73. The summed E-state index contributed by atoms with van der Waals surface area (Å²) in [5.41, 5.74) is 4.40. The minimum Gasteiger partial charge on any atom is -0.312 e. The van der Waals surface area contributed by atoms with Crippen LogP contribution in [0.1, 0.15) is 36.2 Å². The average molecular weight is 424 g/mol. The molecule has 0 bridgehead atoms. The van der Waals surface area contributed by atoms with Crippen LogP contribution in [0.4, 0.5) is 5.69 Å². The van der Waals surface area contributed by atoms with Crippen LogP contribution < -0.4 is 10.5 Å². The molecule has 4 aromatic rings. The van der Waals surface area contributed by atoms with E-state index >= 15 is 0 Å². The van der Waals surface area contributed by atoms with E-state index in [1.807, 2.05) is 72.5 Å². The summed E-state index contributed by atoms with van der Waals surface area (Å²) in [7, 11) is 0. The first-order valence-corrected chi connectivity index (χ1v) is 11.1. The van der Waals surface area contributed by atoms with Gasteiger partial charge in [-0.1, -0.05) is 55.0 Å². The predicted molar refractivity (Wildman–Crippen MR) is 128 cm³/mol. The number of para-hydroxylation sites is 2. The molecule has 0 radical (unpaired) electrons. The van der Waals surface area contributed by atoms with Crippen LogP contribution in [-0.2, 0) is 11.2 Å². The SMILES string of the molecule is CCCN1C(=O)[C@H](Cc2nc3ccccc3c(=O)n2-c2ccccc2)c2cc(C)ccc21. The van der Waals surface area contributed by atoms with Crippen molar-refractivity contribution in [3.8, 4) is 5.69 Å². The summed E-state index contributed by atoms with van der Waals surface area (Å²) < 4.78 is 1.66. The molecule has 160 valence electrons. The molecule has 0 saturated carbocycles. The summed E-state index contributed by atoms with van der Waals surface area (Å²) in [4.78, 5) is 33.7. The standard InChI is InChI=1S/C27H25N3O2/c1-3-15-29-24-14-13-18(2)16-21(24)22(26(29)31)17-25-28-23-12-8-7-11-20(23)27(32)30(25)19-9-5-4-6-10-19/h4-14,16,22H,3,15,17H2,1-2H3/t22-/m1/s1. The van der Waals surface area contributed by atoms with Crippen LogP contribution in [0.2, 0.25) is 0 Å². The van der Waals surface area contributed by atoms with E-state index in [0.29, 0.717) is 29.7 Å². The quantitative estimate of drug-likeness (QED) is 0.464. The third-order valence-corrected chi connectivity index (χ3v) is 6.11. The van der Waals surface area contributed by atoms with Crippen LogP contribution in [-0.4, -0.2) is 22.0 Å². The maximum atomic E-state index is 13.5. The van der Waals surface area contributed by atoms with Crippen molar-refractivity contribution in [3.63, 3.8) is 0 Å². The molecule has 1 amide bonds. The summed E-state index contributed by atoms with van der Waals surface area (Å²) in [5.74, 6) is 0.318. The van der Waals surface area contributed by atoms with E-state index in [1.165, 1.54) is 0 Å². The summed E-state index contributed by atoms with van der Waals surface area (Å²) in [6.07, 6.45) is 1.25. The van der Waals surface area contributed by atoms with Gasteiger partial charge >= 0.3 is 0 Å². The van der Waals surface area contributed by atoms with Gasteiger partial charge in [0.05, 0.1) is 22.5 Å². The van der Waals surface area contributed by atoms with E-state index in [9.17, 15) is 9.59 Å². The van der Waals surface area contributed by atoms with Gasteiger partial charge in [0, 0.05) is 18.7 Å². The van der Waals surface area contributed by atoms with E-state index in [2.05, 4.69) is 13.0 Å². The Morgan fingerprint density at radius 1 is 0.938 bits per heavy atom. The highest BCUT2D eigenvalue weighted by molar-refractivity contribution is 6.05. The van der Waals surface area contributed by atoms with Crippen molar-refractivity contribution >= 4 is 22.5 Å². The Balaban J connectivity index is 1.69. The van der Waals surface area contributed by atoms with E-state index in [1.54, 1.807) is 10.6 Å². The lowest BCUT2D eigenvalue weighted by molar-refractivity contribution is -0.119. The topological polar surface area (TPSA) is 55.2 Å². The zero-order chi connectivity index (χ0) is 22.2. The number of fused-ring (bicyclic) bond motifs is 2. The van der Waals surface area contributed by atoms with Crippen molar-refractivity contribution in [2.24, 2.45) is 0 Å².